The van der Waals surface area contributed by atoms with Crippen molar-refractivity contribution in [3.05, 3.63) is 35.5 Å². The molecule has 0 spiro atoms. The third-order valence-corrected chi connectivity index (χ3v) is 3.08. The Morgan fingerprint density at radius 2 is 2.27 bits per heavy atom. The van der Waals surface area contributed by atoms with Gasteiger partial charge in [-0.15, -0.1) is 0 Å². The third kappa shape index (κ3) is 1.77. The molecular formula is C13H16N2. The largest absolute Gasteiger partial charge is 0.361 e. The van der Waals surface area contributed by atoms with E-state index in [0.717, 1.165) is 12.6 Å². The normalized spacial score (nSPS) is 16.1. The molecule has 1 heterocycles. The lowest BCUT2D eigenvalue weighted by molar-refractivity contribution is 0.691. The predicted molar refractivity (Wildman–Crippen MR) is 62.9 cm³/mol. The first-order valence-electron chi connectivity index (χ1n) is 5.63. The molecular weight excluding hydrogens is 184 g/mol. The summed E-state index contributed by atoms with van der Waals surface area (Å²) in [5.74, 6) is 0. The van der Waals surface area contributed by atoms with E-state index < -0.39 is 0 Å². The van der Waals surface area contributed by atoms with Gasteiger partial charge in [-0.25, -0.2) is 0 Å². The number of rotatable bonds is 3. The minimum Gasteiger partial charge on any atom is -0.361 e. The molecule has 1 aliphatic carbocycles. The topological polar surface area (TPSA) is 27.8 Å². The zero-order valence-corrected chi connectivity index (χ0v) is 9.01. The van der Waals surface area contributed by atoms with Gasteiger partial charge in [0.25, 0.3) is 0 Å². The molecule has 0 atom stereocenters. The molecule has 1 aromatic heterocycles. The highest BCUT2D eigenvalue weighted by molar-refractivity contribution is 5.83. The molecule has 0 saturated heterocycles. The van der Waals surface area contributed by atoms with E-state index in [1.807, 2.05) is 0 Å². The van der Waals surface area contributed by atoms with Crippen molar-refractivity contribution in [3.63, 3.8) is 0 Å². The summed E-state index contributed by atoms with van der Waals surface area (Å²) in [5.41, 5.74) is 3.96. The maximum atomic E-state index is 3.55. The molecule has 2 aromatic rings. The first-order chi connectivity index (χ1) is 7.33. The second-order valence-electron chi connectivity index (χ2n) is 4.52. The fourth-order valence-electron chi connectivity index (χ4n) is 1.98. The fraction of sp³-hybridized carbons (Fsp3) is 0.385. The maximum absolute atomic E-state index is 3.55. The first-order valence-corrected chi connectivity index (χ1v) is 5.63. The van der Waals surface area contributed by atoms with Crippen LogP contribution in [0.2, 0.25) is 0 Å². The van der Waals surface area contributed by atoms with Gasteiger partial charge in [-0.1, -0.05) is 11.6 Å². The summed E-state index contributed by atoms with van der Waals surface area (Å²) >= 11 is 0. The van der Waals surface area contributed by atoms with Crippen LogP contribution in [0, 0.1) is 6.92 Å². The number of nitrogens with one attached hydrogen (secondary N) is 2. The van der Waals surface area contributed by atoms with Crippen molar-refractivity contribution in [2.75, 3.05) is 0 Å². The Kier molecular flexibility index (Phi) is 2.03. The van der Waals surface area contributed by atoms with Gasteiger partial charge in [-0.05, 0) is 37.5 Å². The highest BCUT2D eigenvalue weighted by atomic mass is 14.9. The van der Waals surface area contributed by atoms with Gasteiger partial charge in [0.1, 0.15) is 0 Å². The summed E-state index contributed by atoms with van der Waals surface area (Å²) in [7, 11) is 0. The summed E-state index contributed by atoms with van der Waals surface area (Å²) in [5, 5.41) is 4.91. The van der Waals surface area contributed by atoms with Crippen LogP contribution in [0.4, 0.5) is 0 Å². The number of aromatic amines is 1. The van der Waals surface area contributed by atoms with Crippen LogP contribution in [-0.4, -0.2) is 11.0 Å². The van der Waals surface area contributed by atoms with E-state index in [9.17, 15) is 0 Å². The molecule has 15 heavy (non-hydrogen) atoms. The minimum atomic E-state index is 0.778. The van der Waals surface area contributed by atoms with E-state index >= 15 is 0 Å². The van der Waals surface area contributed by atoms with Crippen molar-refractivity contribution in [1.82, 2.24) is 10.3 Å². The molecule has 0 bridgehead atoms. The fourth-order valence-corrected chi connectivity index (χ4v) is 1.98. The summed E-state index contributed by atoms with van der Waals surface area (Å²) in [6.45, 7) is 3.14. The number of H-pyrrole nitrogens is 1. The maximum Gasteiger partial charge on any atom is 0.0457 e. The SMILES string of the molecule is Cc1ccc2[nH]cc(CNC3CC3)c2c1. The van der Waals surface area contributed by atoms with Gasteiger partial charge in [0, 0.05) is 29.7 Å². The number of benzene rings is 1. The molecule has 1 aromatic carbocycles. The second-order valence-corrected chi connectivity index (χ2v) is 4.52. The van der Waals surface area contributed by atoms with Gasteiger partial charge in [-0.3, -0.25) is 0 Å². The predicted octanol–water partition coefficient (Wildman–Crippen LogP) is 2.73. The number of aryl methyl sites for hydroxylation is 1. The first kappa shape index (κ1) is 8.98. The monoisotopic (exact) mass is 200 g/mol. The molecule has 0 amide bonds. The standard InChI is InChI=1S/C13H16N2/c1-9-2-5-13-12(6-9)10(8-15-13)7-14-11-3-4-11/h2,5-6,8,11,14-15H,3-4,7H2,1H3. The van der Waals surface area contributed by atoms with Crippen LogP contribution in [0.25, 0.3) is 10.9 Å². The summed E-state index contributed by atoms with van der Waals surface area (Å²) < 4.78 is 0. The molecule has 2 heteroatoms. The van der Waals surface area contributed by atoms with Crippen LogP contribution < -0.4 is 5.32 Å². The quantitative estimate of drug-likeness (QED) is 0.783. The number of aromatic nitrogens is 1. The van der Waals surface area contributed by atoms with E-state index in [4.69, 9.17) is 0 Å². The van der Waals surface area contributed by atoms with Crippen LogP contribution in [0.5, 0.6) is 0 Å². The molecule has 0 aliphatic heterocycles. The Balaban J connectivity index is 1.91. The molecule has 0 radical (unpaired) electrons. The van der Waals surface area contributed by atoms with E-state index in [1.165, 1.54) is 34.9 Å². The van der Waals surface area contributed by atoms with Gasteiger partial charge in [0.05, 0.1) is 0 Å². The summed E-state index contributed by atoms with van der Waals surface area (Å²) in [4.78, 5) is 3.32. The number of hydrogen-bond donors (Lipinski definition) is 2. The van der Waals surface area contributed by atoms with Gasteiger partial charge < -0.3 is 10.3 Å². The average Bonchev–Trinajstić information content (AvgIpc) is 2.97. The lowest BCUT2D eigenvalue weighted by Gasteiger charge is -2.01. The van der Waals surface area contributed by atoms with Gasteiger partial charge in [-0.2, -0.15) is 0 Å². The Morgan fingerprint density at radius 1 is 1.40 bits per heavy atom. The molecule has 78 valence electrons. The molecule has 2 nitrogen and oxygen atoms in total. The van der Waals surface area contributed by atoms with Crippen molar-refractivity contribution in [2.45, 2.75) is 32.4 Å². The molecule has 1 aliphatic rings. The Hall–Kier alpha value is -1.28. The molecule has 0 unspecified atom stereocenters. The van der Waals surface area contributed by atoms with Crippen molar-refractivity contribution < 1.29 is 0 Å². The Bertz CT molecular complexity index is 480. The molecule has 1 saturated carbocycles. The van der Waals surface area contributed by atoms with Crippen LogP contribution >= 0.6 is 0 Å². The minimum absolute atomic E-state index is 0.778. The van der Waals surface area contributed by atoms with Crippen molar-refractivity contribution in [1.29, 1.82) is 0 Å². The van der Waals surface area contributed by atoms with Crippen LogP contribution in [-0.2, 0) is 6.54 Å². The third-order valence-electron chi connectivity index (χ3n) is 3.08. The average molecular weight is 200 g/mol. The molecule has 2 N–H and O–H groups in total. The summed E-state index contributed by atoms with van der Waals surface area (Å²) in [6, 6.07) is 7.34. The zero-order valence-electron chi connectivity index (χ0n) is 9.01. The van der Waals surface area contributed by atoms with Crippen LogP contribution in [0.15, 0.2) is 24.4 Å². The second kappa shape index (κ2) is 3.38. The summed E-state index contributed by atoms with van der Waals surface area (Å²) in [6.07, 6.45) is 4.82. The van der Waals surface area contributed by atoms with Gasteiger partial charge in [0.15, 0.2) is 0 Å². The highest BCUT2D eigenvalue weighted by Gasteiger charge is 2.20. The number of fused-ring (bicyclic) bond motifs is 1. The van der Waals surface area contributed by atoms with Gasteiger partial charge >= 0.3 is 0 Å². The lowest BCUT2D eigenvalue weighted by atomic mass is 10.1. The Labute approximate surface area is 89.7 Å². The van der Waals surface area contributed by atoms with Crippen molar-refractivity contribution in [2.24, 2.45) is 0 Å². The zero-order chi connectivity index (χ0) is 10.3. The smallest absolute Gasteiger partial charge is 0.0457 e. The lowest BCUT2D eigenvalue weighted by Crippen LogP contribution is -2.14. The highest BCUT2D eigenvalue weighted by Crippen LogP contribution is 2.22. The van der Waals surface area contributed by atoms with Crippen molar-refractivity contribution in [3.8, 4) is 0 Å². The van der Waals surface area contributed by atoms with E-state index in [2.05, 4.69) is 41.6 Å². The van der Waals surface area contributed by atoms with Crippen LogP contribution in [0.1, 0.15) is 24.0 Å². The van der Waals surface area contributed by atoms with E-state index in [-0.39, 0.29) is 0 Å². The van der Waals surface area contributed by atoms with Gasteiger partial charge in [0.2, 0.25) is 0 Å². The van der Waals surface area contributed by atoms with E-state index in [1.54, 1.807) is 0 Å². The van der Waals surface area contributed by atoms with E-state index in [0.29, 0.717) is 0 Å². The van der Waals surface area contributed by atoms with Crippen molar-refractivity contribution >= 4 is 10.9 Å². The Morgan fingerprint density at radius 3 is 3.07 bits per heavy atom. The molecule has 1 fully saturated rings. The molecule has 3 rings (SSSR count). The number of hydrogen-bond acceptors (Lipinski definition) is 1. The van der Waals surface area contributed by atoms with Crippen LogP contribution in [0.3, 0.4) is 0 Å².